The normalized spacial score (nSPS) is 10.6. The number of rotatable bonds is 6. The summed E-state index contributed by atoms with van der Waals surface area (Å²) >= 11 is 1.52. The zero-order valence-electron chi connectivity index (χ0n) is 15.4. The van der Waals surface area contributed by atoms with Crippen LogP contribution in [0.25, 0.3) is 10.2 Å². The van der Waals surface area contributed by atoms with Crippen molar-refractivity contribution in [3.63, 3.8) is 0 Å². The van der Waals surface area contributed by atoms with E-state index in [1.165, 1.54) is 11.3 Å². The SMILES string of the molecule is CCCCN(C)c1ccc(NC(=O)C(=O)Nc2ccc3scnc3c2)cc1. The number of amides is 2. The molecule has 0 saturated carbocycles. The van der Waals surface area contributed by atoms with Crippen LogP contribution in [0.1, 0.15) is 19.8 Å². The number of anilines is 3. The molecular weight excluding hydrogens is 360 g/mol. The molecule has 0 aliphatic heterocycles. The van der Waals surface area contributed by atoms with Crippen LogP contribution in [-0.4, -0.2) is 30.4 Å². The second kappa shape index (κ2) is 8.64. The van der Waals surface area contributed by atoms with Gasteiger partial charge in [-0.2, -0.15) is 0 Å². The van der Waals surface area contributed by atoms with Crippen LogP contribution < -0.4 is 15.5 Å². The number of hydrogen-bond donors (Lipinski definition) is 2. The number of benzene rings is 2. The van der Waals surface area contributed by atoms with E-state index in [1.54, 1.807) is 29.8 Å². The van der Waals surface area contributed by atoms with E-state index >= 15 is 0 Å². The molecule has 2 amide bonds. The zero-order valence-corrected chi connectivity index (χ0v) is 16.2. The second-order valence-electron chi connectivity index (χ2n) is 6.27. The summed E-state index contributed by atoms with van der Waals surface area (Å²) in [7, 11) is 2.04. The van der Waals surface area contributed by atoms with Crippen molar-refractivity contribution in [1.29, 1.82) is 0 Å². The average Bonchev–Trinajstić information content (AvgIpc) is 3.14. The molecule has 0 unspecified atom stereocenters. The first-order valence-electron chi connectivity index (χ1n) is 8.83. The Hall–Kier alpha value is -2.93. The van der Waals surface area contributed by atoms with Gasteiger partial charge in [-0.1, -0.05) is 13.3 Å². The summed E-state index contributed by atoms with van der Waals surface area (Å²) in [6.07, 6.45) is 2.27. The quantitative estimate of drug-likeness (QED) is 0.629. The molecule has 140 valence electrons. The summed E-state index contributed by atoms with van der Waals surface area (Å²) in [5, 5.41) is 5.22. The van der Waals surface area contributed by atoms with Crippen LogP contribution in [0.2, 0.25) is 0 Å². The molecular formula is C20H22N4O2S. The lowest BCUT2D eigenvalue weighted by Gasteiger charge is -2.19. The lowest BCUT2D eigenvalue weighted by atomic mass is 10.2. The molecule has 2 aromatic carbocycles. The molecule has 0 aliphatic rings. The molecule has 6 nitrogen and oxygen atoms in total. The van der Waals surface area contributed by atoms with E-state index in [9.17, 15) is 9.59 Å². The van der Waals surface area contributed by atoms with Crippen molar-refractivity contribution in [3.8, 4) is 0 Å². The van der Waals surface area contributed by atoms with E-state index in [0.717, 1.165) is 35.3 Å². The Labute approximate surface area is 162 Å². The van der Waals surface area contributed by atoms with E-state index in [4.69, 9.17) is 0 Å². The van der Waals surface area contributed by atoms with Crippen molar-refractivity contribution in [2.75, 3.05) is 29.1 Å². The lowest BCUT2D eigenvalue weighted by Crippen LogP contribution is -2.29. The van der Waals surface area contributed by atoms with Crippen molar-refractivity contribution in [1.82, 2.24) is 4.98 Å². The maximum atomic E-state index is 12.1. The third-order valence-electron chi connectivity index (χ3n) is 4.21. The van der Waals surface area contributed by atoms with E-state index in [-0.39, 0.29) is 0 Å². The van der Waals surface area contributed by atoms with Crippen LogP contribution in [0.3, 0.4) is 0 Å². The van der Waals surface area contributed by atoms with Crippen molar-refractivity contribution in [3.05, 3.63) is 48.0 Å². The fourth-order valence-electron chi connectivity index (χ4n) is 2.63. The average molecular weight is 382 g/mol. The summed E-state index contributed by atoms with van der Waals surface area (Å²) in [5.41, 5.74) is 4.73. The molecule has 0 atom stereocenters. The van der Waals surface area contributed by atoms with Crippen molar-refractivity contribution >= 4 is 50.4 Å². The van der Waals surface area contributed by atoms with E-state index in [2.05, 4.69) is 27.4 Å². The maximum absolute atomic E-state index is 12.1. The summed E-state index contributed by atoms with van der Waals surface area (Å²) in [6.45, 7) is 3.14. The number of unbranched alkanes of at least 4 members (excludes halogenated alkanes) is 1. The number of thiazole rings is 1. The molecule has 0 saturated heterocycles. The molecule has 3 aromatic rings. The molecule has 2 N–H and O–H groups in total. The van der Waals surface area contributed by atoms with Gasteiger partial charge in [-0.25, -0.2) is 4.98 Å². The highest BCUT2D eigenvalue weighted by Crippen LogP contribution is 2.21. The topological polar surface area (TPSA) is 74.3 Å². The number of fused-ring (bicyclic) bond motifs is 1. The minimum absolute atomic E-state index is 0.543. The number of carbonyl (C=O) groups excluding carboxylic acids is 2. The Morgan fingerprint density at radius 1 is 1.04 bits per heavy atom. The Kier molecular flexibility index (Phi) is 6.03. The zero-order chi connectivity index (χ0) is 19.2. The second-order valence-corrected chi connectivity index (χ2v) is 7.15. The maximum Gasteiger partial charge on any atom is 0.314 e. The Morgan fingerprint density at radius 2 is 1.70 bits per heavy atom. The summed E-state index contributed by atoms with van der Waals surface area (Å²) in [4.78, 5) is 30.6. The fourth-order valence-corrected chi connectivity index (χ4v) is 3.29. The molecule has 7 heteroatoms. The molecule has 0 bridgehead atoms. The predicted octanol–water partition coefficient (Wildman–Crippen LogP) is 4.11. The number of carbonyl (C=O) groups is 2. The van der Waals surface area contributed by atoms with Gasteiger partial charge in [-0.05, 0) is 48.9 Å². The van der Waals surface area contributed by atoms with Crippen LogP contribution in [0.5, 0.6) is 0 Å². The van der Waals surface area contributed by atoms with Crippen LogP contribution in [0, 0.1) is 0 Å². The highest BCUT2D eigenvalue weighted by molar-refractivity contribution is 7.16. The van der Waals surface area contributed by atoms with E-state index in [0.29, 0.717) is 11.4 Å². The molecule has 0 aliphatic carbocycles. The van der Waals surface area contributed by atoms with Gasteiger partial charge in [0.2, 0.25) is 0 Å². The summed E-state index contributed by atoms with van der Waals surface area (Å²) in [6, 6.07) is 12.8. The molecule has 1 heterocycles. The lowest BCUT2D eigenvalue weighted by molar-refractivity contribution is -0.132. The smallest absolute Gasteiger partial charge is 0.314 e. The third kappa shape index (κ3) is 4.83. The first-order chi connectivity index (χ1) is 13.1. The molecule has 3 rings (SSSR count). The van der Waals surface area contributed by atoms with Gasteiger partial charge in [0, 0.05) is 30.7 Å². The van der Waals surface area contributed by atoms with Gasteiger partial charge in [-0.15, -0.1) is 11.3 Å². The highest BCUT2D eigenvalue weighted by Gasteiger charge is 2.14. The van der Waals surface area contributed by atoms with Gasteiger partial charge < -0.3 is 15.5 Å². The number of nitrogens with one attached hydrogen (secondary N) is 2. The Bertz CT molecular complexity index is 937. The minimum Gasteiger partial charge on any atom is -0.375 e. The predicted molar refractivity (Wildman–Crippen MR) is 111 cm³/mol. The van der Waals surface area contributed by atoms with Gasteiger partial charge in [0.05, 0.1) is 15.7 Å². The summed E-state index contributed by atoms with van der Waals surface area (Å²) in [5.74, 6) is -1.42. The van der Waals surface area contributed by atoms with Crippen LogP contribution in [-0.2, 0) is 9.59 Å². The molecule has 1 aromatic heterocycles. The largest absolute Gasteiger partial charge is 0.375 e. The van der Waals surface area contributed by atoms with Crippen molar-refractivity contribution < 1.29 is 9.59 Å². The molecule has 27 heavy (non-hydrogen) atoms. The fraction of sp³-hybridized carbons (Fsp3) is 0.250. The number of nitrogens with zero attached hydrogens (tertiary/aromatic N) is 2. The van der Waals surface area contributed by atoms with Crippen LogP contribution in [0.15, 0.2) is 48.0 Å². The third-order valence-corrected chi connectivity index (χ3v) is 5.02. The molecule has 0 spiro atoms. The number of aromatic nitrogens is 1. The van der Waals surface area contributed by atoms with Gasteiger partial charge in [0.15, 0.2) is 0 Å². The van der Waals surface area contributed by atoms with Crippen molar-refractivity contribution in [2.45, 2.75) is 19.8 Å². The van der Waals surface area contributed by atoms with Gasteiger partial charge >= 0.3 is 11.8 Å². The van der Waals surface area contributed by atoms with Gasteiger partial charge in [0.25, 0.3) is 0 Å². The van der Waals surface area contributed by atoms with Gasteiger partial charge in [0.1, 0.15) is 0 Å². The first kappa shape index (κ1) is 18.8. The standard InChI is InChI=1S/C20H22N4O2S/c1-3-4-11-24(2)16-8-5-14(6-9-16)22-19(25)20(26)23-15-7-10-18-17(12-15)21-13-27-18/h5-10,12-13H,3-4,11H2,1-2H3,(H,22,25)(H,23,26). The minimum atomic E-state index is -0.714. The van der Waals surface area contributed by atoms with Gasteiger partial charge in [-0.3, -0.25) is 9.59 Å². The van der Waals surface area contributed by atoms with E-state index in [1.807, 2.05) is 25.2 Å². The number of hydrogen-bond acceptors (Lipinski definition) is 5. The monoisotopic (exact) mass is 382 g/mol. The Morgan fingerprint density at radius 3 is 2.41 bits per heavy atom. The van der Waals surface area contributed by atoms with Crippen LogP contribution in [0.4, 0.5) is 17.1 Å². The molecule has 0 radical (unpaired) electrons. The Balaban J connectivity index is 1.58. The first-order valence-corrected chi connectivity index (χ1v) is 9.71. The molecule has 0 fully saturated rings. The van der Waals surface area contributed by atoms with E-state index < -0.39 is 11.8 Å². The van der Waals surface area contributed by atoms with Crippen molar-refractivity contribution in [2.24, 2.45) is 0 Å². The highest BCUT2D eigenvalue weighted by atomic mass is 32.1. The van der Waals surface area contributed by atoms with Crippen LogP contribution >= 0.6 is 11.3 Å². The summed E-state index contributed by atoms with van der Waals surface area (Å²) < 4.78 is 1.03.